The van der Waals surface area contributed by atoms with E-state index >= 15 is 0 Å². The summed E-state index contributed by atoms with van der Waals surface area (Å²) in [5.41, 5.74) is 2.45. The molecule has 1 saturated carbocycles. The van der Waals surface area contributed by atoms with E-state index in [0.717, 1.165) is 56.3 Å². The number of nitrogens with one attached hydrogen (secondary N) is 1. The van der Waals surface area contributed by atoms with Crippen LogP contribution in [-0.4, -0.2) is 106 Å². The molecule has 0 radical (unpaired) electrons. The lowest BCUT2D eigenvalue weighted by Crippen LogP contribution is -2.52. The highest BCUT2D eigenvalue weighted by Crippen LogP contribution is 2.33. The molecule has 1 aromatic heterocycles. The number of halogens is 2. The molecule has 264 valence electrons. The third kappa shape index (κ3) is 8.10. The van der Waals surface area contributed by atoms with E-state index in [0.29, 0.717) is 58.9 Å². The monoisotopic (exact) mass is 711 g/mol. The van der Waals surface area contributed by atoms with Crippen LogP contribution in [0, 0.1) is 5.92 Å². The van der Waals surface area contributed by atoms with E-state index in [1.165, 1.54) is 0 Å². The smallest absolute Gasteiger partial charge is 0.306 e. The maximum absolute atomic E-state index is 14.0. The van der Waals surface area contributed by atoms with Crippen LogP contribution in [0.1, 0.15) is 61.9 Å². The fourth-order valence-corrected chi connectivity index (χ4v) is 8.22. The van der Waals surface area contributed by atoms with E-state index in [2.05, 4.69) is 29.0 Å². The van der Waals surface area contributed by atoms with Crippen molar-refractivity contribution in [3.63, 3.8) is 0 Å². The number of amides is 2. The molecule has 49 heavy (non-hydrogen) atoms. The molecule has 3 heterocycles. The molecule has 0 unspecified atom stereocenters. The van der Waals surface area contributed by atoms with E-state index < -0.39 is 5.97 Å². The number of aromatic nitrogens is 1. The number of carbonyl (C=O) groups is 3. The van der Waals surface area contributed by atoms with Gasteiger partial charge >= 0.3 is 5.97 Å². The first-order chi connectivity index (χ1) is 23.5. The zero-order chi connectivity index (χ0) is 34.8. The Morgan fingerprint density at radius 3 is 2.41 bits per heavy atom. The summed E-state index contributed by atoms with van der Waals surface area (Å²) in [5, 5.41) is 13.8. The molecule has 3 aliphatic rings. The van der Waals surface area contributed by atoms with Gasteiger partial charge in [0.2, 0.25) is 5.91 Å². The number of carbonyl (C=O) groups excluding carboxylic acids is 2. The van der Waals surface area contributed by atoms with E-state index in [4.69, 9.17) is 27.9 Å². The average Bonchev–Trinajstić information content (AvgIpc) is 3.67. The second kappa shape index (κ2) is 15.4. The van der Waals surface area contributed by atoms with Gasteiger partial charge in [-0.2, -0.15) is 0 Å². The van der Waals surface area contributed by atoms with Crippen LogP contribution in [0.5, 0.6) is 0 Å². The number of aliphatic carboxylic acids is 1. The van der Waals surface area contributed by atoms with Gasteiger partial charge in [-0.05, 0) is 69.7 Å². The van der Waals surface area contributed by atoms with Gasteiger partial charge < -0.3 is 24.6 Å². The molecule has 2 amide bonds. The molecule has 2 atom stereocenters. The number of likely N-dealkylation sites (tertiary alicyclic amines) is 1. The highest BCUT2D eigenvalue weighted by atomic mass is 35.5. The Hall–Kier alpha value is -3.15. The molecule has 3 fully saturated rings. The fraction of sp³-hybridized carbons (Fsp3) is 0.541. The van der Waals surface area contributed by atoms with Gasteiger partial charge in [0.25, 0.3) is 5.91 Å². The molecule has 12 heteroatoms. The van der Waals surface area contributed by atoms with Crippen LogP contribution < -0.4 is 5.32 Å². The Bertz CT molecular complexity index is 1680. The maximum Gasteiger partial charge on any atom is 0.306 e. The minimum absolute atomic E-state index is 0.00562. The van der Waals surface area contributed by atoms with Crippen LogP contribution in [0.3, 0.4) is 0 Å². The Balaban J connectivity index is 1.13. The zero-order valence-corrected chi connectivity index (χ0v) is 30.1. The number of piperazine rings is 1. The summed E-state index contributed by atoms with van der Waals surface area (Å²) in [4.78, 5) is 45.7. The molecular weight excluding hydrogens is 665 g/mol. The van der Waals surface area contributed by atoms with Crippen LogP contribution in [0.15, 0.2) is 42.6 Å². The minimum Gasteiger partial charge on any atom is -0.481 e. The summed E-state index contributed by atoms with van der Waals surface area (Å²) in [6.45, 7) is 9.43. The van der Waals surface area contributed by atoms with E-state index in [1.54, 1.807) is 18.3 Å². The number of benzene rings is 2. The van der Waals surface area contributed by atoms with Crippen molar-refractivity contribution in [1.82, 2.24) is 19.3 Å². The second-order valence-corrected chi connectivity index (χ2v) is 14.9. The number of hydrogen-bond donors (Lipinski definition) is 2. The third-order valence-corrected chi connectivity index (χ3v) is 11.4. The topological polar surface area (TPSA) is 107 Å². The number of fused-ring (bicyclic) bond motifs is 1. The van der Waals surface area contributed by atoms with E-state index in [-0.39, 0.29) is 42.3 Å². The van der Waals surface area contributed by atoms with Crippen molar-refractivity contribution in [3.8, 4) is 0 Å². The molecule has 1 aliphatic carbocycles. The molecule has 6 rings (SSSR count). The van der Waals surface area contributed by atoms with Crippen molar-refractivity contribution >= 4 is 57.6 Å². The van der Waals surface area contributed by atoms with Crippen molar-refractivity contribution in [1.29, 1.82) is 0 Å². The zero-order valence-electron chi connectivity index (χ0n) is 28.5. The van der Waals surface area contributed by atoms with Gasteiger partial charge in [-0.15, -0.1) is 0 Å². The Morgan fingerprint density at radius 2 is 1.71 bits per heavy atom. The highest BCUT2D eigenvalue weighted by Gasteiger charge is 2.40. The molecule has 0 spiro atoms. The number of aryl methyl sites for hydroxylation is 1. The van der Waals surface area contributed by atoms with Crippen LogP contribution in [-0.2, 0) is 27.8 Å². The van der Waals surface area contributed by atoms with Gasteiger partial charge in [0, 0.05) is 74.0 Å². The first kappa shape index (κ1) is 35.7. The summed E-state index contributed by atoms with van der Waals surface area (Å²) < 4.78 is 8.27. The predicted molar refractivity (Wildman–Crippen MR) is 193 cm³/mol. The lowest BCUT2D eigenvalue weighted by molar-refractivity contribution is -0.144. The number of hydrogen-bond acceptors (Lipinski definition) is 6. The number of carboxylic acid groups (broad SMARTS) is 1. The van der Waals surface area contributed by atoms with Crippen LogP contribution in [0.4, 0.5) is 5.69 Å². The first-order valence-electron chi connectivity index (χ1n) is 17.4. The molecule has 2 aliphatic heterocycles. The summed E-state index contributed by atoms with van der Waals surface area (Å²) in [5.74, 6) is -1.37. The first-order valence-corrected chi connectivity index (χ1v) is 18.2. The van der Waals surface area contributed by atoms with Crippen molar-refractivity contribution in [2.24, 2.45) is 13.0 Å². The van der Waals surface area contributed by atoms with Gasteiger partial charge in [0.05, 0.1) is 47.4 Å². The molecule has 2 saturated heterocycles. The van der Waals surface area contributed by atoms with Crippen LogP contribution in [0.2, 0.25) is 10.0 Å². The summed E-state index contributed by atoms with van der Waals surface area (Å²) >= 11 is 13.4. The van der Waals surface area contributed by atoms with Gasteiger partial charge in [0.1, 0.15) is 0 Å². The number of ether oxygens (including phenoxy) is 1. The minimum atomic E-state index is -0.731. The number of carboxylic acids is 1. The van der Waals surface area contributed by atoms with Crippen molar-refractivity contribution in [2.45, 2.75) is 76.6 Å². The van der Waals surface area contributed by atoms with Crippen molar-refractivity contribution < 1.29 is 24.2 Å². The molecule has 0 bridgehead atoms. The fourth-order valence-electron chi connectivity index (χ4n) is 7.76. The largest absolute Gasteiger partial charge is 0.481 e. The number of para-hydroxylation sites is 1. The lowest BCUT2D eigenvalue weighted by atomic mass is 9.87. The maximum atomic E-state index is 14.0. The van der Waals surface area contributed by atoms with E-state index in [9.17, 15) is 19.5 Å². The summed E-state index contributed by atoms with van der Waals surface area (Å²) in [6.07, 6.45) is 5.37. The Kier molecular flexibility index (Phi) is 11.2. The lowest BCUT2D eigenvalue weighted by Gasteiger charge is -2.39. The third-order valence-electron chi connectivity index (χ3n) is 10.7. The van der Waals surface area contributed by atoms with Gasteiger partial charge in [-0.3, -0.25) is 24.2 Å². The molecule has 10 nitrogen and oxygen atoms in total. The number of anilines is 1. The van der Waals surface area contributed by atoms with Gasteiger partial charge in [0.15, 0.2) is 0 Å². The Labute approximate surface area is 298 Å². The SMILES string of the molecule is CC(C)N1CCN([C@H]2C[C@@H](CO[C@H]3CC[C@H](C(=O)O)CC3)N(C(=O)Cc3cc(Cl)c(NC(=O)c4cn(C)c5ccccc45)cc3Cl)C2)CC1. The summed E-state index contributed by atoms with van der Waals surface area (Å²) in [6, 6.07) is 11.6. The average molecular weight is 713 g/mol. The number of nitrogens with zero attached hydrogens (tertiary/aromatic N) is 4. The second-order valence-electron chi connectivity index (χ2n) is 14.1. The normalized spacial score (nSPS) is 23.8. The molecule has 2 aromatic carbocycles. The summed E-state index contributed by atoms with van der Waals surface area (Å²) in [7, 11) is 1.90. The molecule has 2 N–H and O–H groups in total. The predicted octanol–water partition coefficient (Wildman–Crippen LogP) is 5.94. The highest BCUT2D eigenvalue weighted by molar-refractivity contribution is 6.36. The van der Waals surface area contributed by atoms with Crippen molar-refractivity contribution in [3.05, 3.63) is 63.8 Å². The van der Waals surface area contributed by atoms with Crippen LogP contribution >= 0.6 is 23.2 Å². The van der Waals surface area contributed by atoms with Crippen molar-refractivity contribution in [2.75, 3.05) is 44.6 Å². The molecule has 3 aromatic rings. The molecular formula is C37H47Cl2N5O5. The van der Waals surface area contributed by atoms with Gasteiger partial charge in [-0.25, -0.2) is 0 Å². The standard InChI is InChI=1S/C37H47Cl2N5O5/c1-23(2)42-12-14-43(15-13-42)26-18-27(22-49-28-10-8-24(9-11-28)37(47)48)44(20-26)35(45)17-25-16-32(39)33(19-31(25)38)40-36(46)30-21-41(3)34-7-5-4-6-29(30)34/h4-7,16,19,21,23-24,26-28H,8-15,17-18,20,22H2,1-3H3,(H,40,46)(H,47,48)/t24-,26-,27-,28-/m0/s1. The number of rotatable bonds is 10. The Morgan fingerprint density at radius 1 is 1.00 bits per heavy atom. The quantitative estimate of drug-likeness (QED) is 0.268. The van der Waals surface area contributed by atoms with Gasteiger partial charge in [-0.1, -0.05) is 41.4 Å². The van der Waals surface area contributed by atoms with E-state index in [1.807, 2.05) is 40.8 Å². The van der Waals surface area contributed by atoms with Crippen LogP contribution in [0.25, 0.3) is 10.9 Å².